The van der Waals surface area contributed by atoms with Crippen LogP contribution >= 0.6 is 0 Å². The molecule has 1 aromatic heterocycles. The Balaban J connectivity index is 1.91. The van der Waals surface area contributed by atoms with Crippen LogP contribution < -0.4 is 0 Å². The number of carbonyl (C=O) groups is 1. The van der Waals surface area contributed by atoms with Crippen LogP contribution in [0.5, 0.6) is 0 Å². The van der Waals surface area contributed by atoms with E-state index < -0.39 is 5.97 Å². The van der Waals surface area contributed by atoms with Crippen molar-refractivity contribution in [2.24, 2.45) is 0 Å². The second-order valence-corrected chi connectivity index (χ2v) is 4.56. The van der Waals surface area contributed by atoms with Crippen molar-refractivity contribution in [3.8, 4) is 0 Å². The maximum Gasteiger partial charge on any atom is 0.335 e. The number of carboxylic acids is 1. The Labute approximate surface area is 104 Å². The van der Waals surface area contributed by atoms with E-state index >= 15 is 0 Å². The van der Waals surface area contributed by atoms with E-state index in [9.17, 15) is 4.79 Å². The number of hydrogen-bond donors (Lipinski definition) is 1. The van der Waals surface area contributed by atoms with Gasteiger partial charge in [-0.2, -0.15) is 0 Å². The van der Waals surface area contributed by atoms with E-state index in [1.54, 1.807) is 18.2 Å². The molecule has 0 radical (unpaired) electrons. The second-order valence-electron chi connectivity index (χ2n) is 4.56. The summed E-state index contributed by atoms with van der Waals surface area (Å²) in [6.45, 7) is 2.91. The first-order valence-corrected chi connectivity index (χ1v) is 6.03. The Hall–Kier alpha value is -1.95. The fraction of sp³-hybridized carbons (Fsp3) is 0.417. The number of carboxylic acid groups (broad SMARTS) is 1. The molecule has 1 N–H and O–H groups in total. The summed E-state index contributed by atoms with van der Waals surface area (Å²) in [5.41, 5.74) is 1.76. The van der Waals surface area contributed by atoms with Crippen LogP contribution in [-0.2, 0) is 6.67 Å². The van der Waals surface area contributed by atoms with Gasteiger partial charge in [0, 0.05) is 0 Å². The number of hydrogen-bond acceptors (Lipinski definition) is 4. The van der Waals surface area contributed by atoms with E-state index in [2.05, 4.69) is 15.2 Å². The zero-order chi connectivity index (χ0) is 12.5. The van der Waals surface area contributed by atoms with Crippen LogP contribution in [0.1, 0.15) is 23.2 Å². The molecular formula is C12H14N4O2. The average Bonchev–Trinajstić information content (AvgIpc) is 2.99. The Morgan fingerprint density at radius 3 is 2.83 bits per heavy atom. The average molecular weight is 246 g/mol. The summed E-state index contributed by atoms with van der Waals surface area (Å²) in [6, 6.07) is 4.93. The van der Waals surface area contributed by atoms with E-state index in [4.69, 9.17) is 5.11 Å². The molecule has 18 heavy (non-hydrogen) atoms. The van der Waals surface area contributed by atoms with Gasteiger partial charge in [0.05, 0.1) is 17.7 Å². The van der Waals surface area contributed by atoms with Crippen molar-refractivity contribution in [2.45, 2.75) is 19.5 Å². The summed E-state index contributed by atoms with van der Waals surface area (Å²) >= 11 is 0. The molecule has 1 saturated heterocycles. The minimum Gasteiger partial charge on any atom is -0.478 e. The van der Waals surface area contributed by atoms with Crippen LogP contribution in [0, 0.1) is 0 Å². The molecule has 0 unspecified atom stereocenters. The molecule has 2 heterocycles. The van der Waals surface area contributed by atoms with E-state index in [0.29, 0.717) is 5.52 Å². The topological polar surface area (TPSA) is 71.2 Å². The van der Waals surface area contributed by atoms with Crippen molar-refractivity contribution in [1.29, 1.82) is 0 Å². The van der Waals surface area contributed by atoms with Crippen molar-refractivity contribution in [1.82, 2.24) is 19.9 Å². The molecule has 1 fully saturated rings. The number of benzene rings is 1. The molecule has 0 amide bonds. The van der Waals surface area contributed by atoms with Crippen molar-refractivity contribution >= 4 is 17.0 Å². The first-order chi connectivity index (χ1) is 8.74. The van der Waals surface area contributed by atoms with Gasteiger partial charge in [-0.15, -0.1) is 5.10 Å². The highest BCUT2D eigenvalue weighted by Crippen LogP contribution is 2.15. The molecule has 3 rings (SSSR count). The number of nitrogens with zero attached hydrogens (tertiary/aromatic N) is 4. The van der Waals surface area contributed by atoms with Gasteiger partial charge in [-0.05, 0) is 44.1 Å². The second kappa shape index (κ2) is 4.38. The van der Waals surface area contributed by atoms with Gasteiger partial charge >= 0.3 is 5.97 Å². The lowest BCUT2D eigenvalue weighted by Gasteiger charge is -2.14. The van der Waals surface area contributed by atoms with Gasteiger partial charge in [0.1, 0.15) is 5.52 Å². The number of aromatic carboxylic acids is 1. The molecule has 1 aromatic carbocycles. The Morgan fingerprint density at radius 1 is 1.33 bits per heavy atom. The minimum absolute atomic E-state index is 0.246. The third-order valence-electron chi connectivity index (χ3n) is 3.29. The normalized spacial score (nSPS) is 16.4. The molecule has 6 heteroatoms. The van der Waals surface area contributed by atoms with Crippen LogP contribution in [0.2, 0.25) is 0 Å². The maximum atomic E-state index is 10.9. The predicted octanol–water partition coefficient (Wildman–Crippen LogP) is 1.18. The van der Waals surface area contributed by atoms with Crippen LogP contribution in [0.4, 0.5) is 0 Å². The SMILES string of the molecule is O=C(O)c1ccc2c(c1)nnn2CN1CCCC1. The largest absolute Gasteiger partial charge is 0.478 e. The summed E-state index contributed by atoms with van der Waals surface area (Å²) in [4.78, 5) is 13.2. The molecular weight excluding hydrogens is 232 g/mol. The van der Waals surface area contributed by atoms with E-state index in [1.165, 1.54) is 12.8 Å². The molecule has 0 spiro atoms. The highest BCUT2D eigenvalue weighted by molar-refractivity contribution is 5.92. The fourth-order valence-electron chi connectivity index (χ4n) is 2.32. The van der Waals surface area contributed by atoms with Gasteiger partial charge < -0.3 is 5.11 Å². The molecule has 0 saturated carbocycles. The minimum atomic E-state index is -0.939. The quantitative estimate of drug-likeness (QED) is 0.880. The summed E-state index contributed by atoms with van der Waals surface area (Å²) in [5, 5.41) is 17.0. The lowest BCUT2D eigenvalue weighted by molar-refractivity contribution is 0.0697. The number of fused-ring (bicyclic) bond motifs is 1. The first kappa shape index (κ1) is 11.2. The molecule has 1 aliphatic heterocycles. The van der Waals surface area contributed by atoms with E-state index in [-0.39, 0.29) is 5.56 Å². The molecule has 2 aromatic rings. The van der Waals surface area contributed by atoms with Gasteiger partial charge in [-0.25, -0.2) is 9.48 Å². The Bertz CT molecular complexity index is 587. The Morgan fingerprint density at radius 2 is 2.11 bits per heavy atom. The highest BCUT2D eigenvalue weighted by atomic mass is 16.4. The van der Waals surface area contributed by atoms with Crippen LogP contribution in [0.15, 0.2) is 18.2 Å². The standard InChI is InChI=1S/C12H14N4O2/c17-12(18)9-3-4-11-10(7-9)13-14-16(11)8-15-5-1-2-6-15/h3-4,7H,1-2,5-6,8H2,(H,17,18). The van der Waals surface area contributed by atoms with Crippen LogP contribution in [0.25, 0.3) is 11.0 Å². The predicted molar refractivity (Wildman–Crippen MR) is 65.3 cm³/mol. The third kappa shape index (κ3) is 1.95. The van der Waals surface area contributed by atoms with Crippen molar-refractivity contribution in [3.63, 3.8) is 0 Å². The lowest BCUT2D eigenvalue weighted by Crippen LogP contribution is -2.23. The molecule has 0 aliphatic carbocycles. The number of aromatic nitrogens is 3. The van der Waals surface area contributed by atoms with Gasteiger partial charge in [0.15, 0.2) is 0 Å². The van der Waals surface area contributed by atoms with Gasteiger partial charge in [-0.1, -0.05) is 5.21 Å². The summed E-state index contributed by atoms with van der Waals surface area (Å²) in [5.74, 6) is -0.939. The van der Waals surface area contributed by atoms with Crippen molar-refractivity contribution in [3.05, 3.63) is 23.8 Å². The summed E-state index contributed by atoms with van der Waals surface area (Å²) in [6.07, 6.45) is 2.46. The van der Waals surface area contributed by atoms with E-state index in [0.717, 1.165) is 25.3 Å². The Kier molecular flexibility index (Phi) is 2.71. The van der Waals surface area contributed by atoms with Crippen LogP contribution in [-0.4, -0.2) is 44.1 Å². The lowest BCUT2D eigenvalue weighted by atomic mass is 10.2. The van der Waals surface area contributed by atoms with Crippen molar-refractivity contribution < 1.29 is 9.90 Å². The van der Waals surface area contributed by atoms with Gasteiger partial charge in [0.2, 0.25) is 0 Å². The molecule has 6 nitrogen and oxygen atoms in total. The molecule has 1 aliphatic rings. The van der Waals surface area contributed by atoms with Gasteiger partial charge in [0.25, 0.3) is 0 Å². The summed E-state index contributed by atoms with van der Waals surface area (Å²) in [7, 11) is 0. The highest BCUT2D eigenvalue weighted by Gasteiger charge is 2.14. The number of rotatable bonds is 3. The van der Waals surface area contributed by atoms with Crippen LogP contribution in [0.3, 0.4) is 0 Å². The van der Waals surface area contributed by atoms with E-state index in [1.807, 2.05) is 4.68 Å². The molecule has 94 valence electrons. The molecule has 0 atom stereocenters. The molecule has 0 bridgehead atoms. The first-order valence-electron chi connectivity index (χ1n) is 6.03. The van der Waals surface area contributed by atoms with Gasteiger partial charge in [-0.3, -0.25) is 4.90 Å². The monoisotopic (exact) mass is 246 g/mol. The summed E-state index contributed by atoms with van der Waals surface area (Å²) < 4.78 is 1.83. The fourth-order valence-corrected chi connectivity index (χ4v) is 2.32. The third-order valence-corrected chi connectivity index (χ3v) is 3.29. The smallest absolute Gasteiger partial charge is 0.335 e. The number of likely N-dealkylation sites (tertiary alicyclic amines) is 1. The zero-order valence-corrected chi connectivity index (χ0v) is 9.91. The van der Waals surface area contributed by atoms with Crippen molar-refractivity contribution in [2.75, 3.05) is 13.1 Å². The maximum absolute atomic E-state index is 10.9. The zero-order valence-electron chi connectivity index (χ0n) is 9.91.